The molecule has 0 radical (unpaired) electrons. The van der Waals surface area contributed by atoms with E-state index in [1.807, 2.05) is 110 Å². The van der Waals surface area contributed by atoms with Gasteiger partial charge in [0.15, 0.2) is 6.20 Å². The molecule has 0 saturated carbocycles. The third kappa shape index (κ3) is 8.33. The number of pyridine rings is 3. The van der Waals surface area contributed by atoms with Crippen LogP contribution in [0.3, 0.4) is 0 Å². The van der Waals surface area contributed by atoms with E-state index in [-0.39, 0.29) is 20.1 Å². The molecule has 6 rings (SSSR count). The number of rotatable bonds is 2. The van der Waals surface area contributed by atoms with Crippen LogP contribution >= 0.6 is 0 Å². The Labute approximate surface area is 249 Å². The van der Waals surface area contributed by atoms with Gasteiger partial charge in [0.25, 0.3) is 0 Å². The van der Waals surface area contributed by atoms with E-state index in [4.69, 9.17) is 0 Å². The zero-order valence-electron chi connectivity index (χ0n) is 21.8. The Morgan fingerprint density at radius 1 is 0.750 bits per heavy atom. The van der Waals surface area contributed by atoms with Gasteiger partial charge in [0, 0.05) is 44.3 Å². The van der Waals surface area contributed by atoms with Gasteiger partial charge in [-0.2, -0.15) is 48.2 Å². The minimum Gasteiger partial charge on any atom is -0.691 e. The van der Waals surface area contributed by atoms with E-state index in [0.29, 0.717) is 0 Å². The fourth-order valence-electron chi connectivity index (χ4n) is 3.47. The zero-order valence-corrected chi connectivity index (χ0v) is 24.2. The molecule has 0 fully saturated rings. The molecule has 3 aromatic rings. The van der Waals surface area contributed by atoms with Crippen LogP contribution in [0.2, 0.25) is 0 Å². The van der Waals surface area contributed by atoms with E-state index in [1.54, 1.807) is 32.0 Å². The molecule has 0 atom stereocenters. The van der Waals surface area contributed by atoms with Crippen LogP contribution in [-0.2, 0) is 20.1 Å². The first kappa shape index (κ1) is 29.7. The average Bonchev–Trinajstić information content (AvgIpc) is 3.00. The van der Waals surface area contributed by atoms with Gasteiger partial charge in [0.05, 0.1) is 12.1 Å². The first-order chi connectivity index (χ1) is 19.1. The van der Waals surface area contributed by atoms with Crippen molar-refractivity contribution in [1.82, 2.24) is 9.97 Å². The summed E-state index contributed by atoms with van der Waals surface area (Å²) in [6, 6.07) is 21.3. The smallest absolute Gasteiger partial charge is 0.691 e. The standard InChI is InChI=1S/3C11H9N2.Ir/c3*1-13-9-5-3-7-11(13)10-6-2-4-8-12-10;/h3*2-5,7-9H,1H2;/q3*-1;+3/b11-10+;;;. The van der Waals surface area contributed by atoms with Crippen molar-refractivity contribution in [1.29, 1.82) is 0 Å². The van der Waals surface area contributed by atoms with Crippen LogP contribution in [0.15, 0.2) is 128 Å². The summed E-state index contributed by atoms with van der Waals surface area (Å²) in [7, 11) is 0. The van der Waals surface area contributed by atoms with Gasteiger partial charge >= 0.3 is 20.1 Å². The van der Waals surface area contributed by atoms with Crippen LogP contribution in [-0.4, -0.2) is 32.6 Å². The maximum absolute atomic E-state index is 4.19. The summed E-state index contributed by atoms with van der Waals surface area (Å²) in [5, 5.41) is 5.15. The molecule has 198 valence electrons. The first-order valence-corrected chi connectivity index (χ1v) is 12.1. The topological polar surface area (TPSA) is 51.8 Å². The average molecular weight is 700 g/mol. The van der Waals surface area contributed by atoms with Gasteiger partial charge in [-0.1, -0.05) is 18.2 Å². The molecule has 3 aromatic heterocycles. The molecule has 40 heavy (non-hydrogen) atoms. The van der Waals surface area contributed by atoms with E-state index in [2.05, 4.69) is 53.6 Å². The Bertz CT molecular complexity index is 1510. The molecule has 3 aliphatic heterocycles. The molecule has 6 heterocycles. The summed E-state index contributed by atoms with van der Waals surface area (Å²) in [5.74, 6) is 0. The zero-order chi connectivity index (χ0) is 27.3. The van der Waals surface area contributed by atoms with Crippen LogP contribution in [0, 0.1) is 37.0 Å². The summed E-state index contributed by atoms with van der Waals surface area (Å²) in [4.78, 5) is 8.39. The molecule has 0 spiro atoms. The second-order valence-electron chi connectivity index (χ2n) is 8.06. The molecule has 0 N–H and O–H groups in total. The van der Waals surface area contributed by atoms with E-state index < -0.39 is 0 Å². The molecular formula is C33H27IrN6. The monoisotopic (exact) mass is 700 g/mol. The second kappa shape index (κ2) is 15.5. The largest absolute Gasteiger partial charge is 3.00 e. The van der Waals surface area contributed by atoms with E-state index in [9.17, 15) is 0 Å². The van der Waals surface area contributed by atoms with Crippen LogP contribution in [0.1, 0.15) is 11.4 Å². The third-order valence-electron chi connectivity index (χ3n) is 5.37. The van der Waals surface area contributed by atoms with Crippen molar-refractivity contribution in [3.63, 3.8) is 0 Å². The van der Waals surface area contributed by atoms with E-state index in [0.717, 1.165) is 34.5 Å². The Morgan fingerprint density at radius 2 is 1.35 bits per heavy atom. The third-order valence-corrected chi connectivity index (χ3v) is 5.37. The van der Waals surface area contributed by atoms with Gasteiger partial charge in [0.1, 0.15) is 12.1 Å². The SMILES string of the molecule is C=[N+]1C=CC=C[C-]1c1[c-]cccn1.C=[N+]1C=CC=C[C-]1c1[c-]cccn1.C=[n+]1cccc/c1=C1/[C-]=CC=C[N-]1.[Ir+3]. The van der Waals surface area contributed by atoms with Crippen molar-refractivity contribution in [2.45, 2.75) is 0 Å². The van der Waals surface area contributed by atoms with Crippen molar-refractivity contribution < 1.29 is 33.5 Å². The molecule has 0 aromatic carbocycles. The molecule has 0 amide bonds. The number of aromatic nitrogens is 3. The molecule has 7 heteroatoms. The molecule has 0 unspecified atom stereocenters. The number of hydrogen-bond donors (Lipinski definition) is 0. The van der Waals surface area contributed by atoms with Gasteiger partial charge < -0.3 is 14.5 Å². The van der Waals surface area contributed by atoms with Crippen molar-refractivity contribution in [3.8, 4) is 0 Å². The fourth-order valence-corrected chi connectivity index (χ4v) is 3.47. The maximum Gasteiger partial charge on any atom is 3.00 e. The summed E-state index contributed by atoms with van der Waals surface area (Å²) in [5.41, 5.74) is 2.45. The van der Waals surface area contributed by atoms with E-state index in [1.165, 1.54) is 0 Å². The molecule has 0 saturated heterocycles. The van der Waals surface area contributed by atoms with Crippen molar-refractivity contribution >= 4 is 19.1 Å². The van der Waals surface area contributed by atoms with Gasteiger partial charge in [-0.05, 0) is 17.5 Å². The Balaban J connectivity index is 0.000000163. The molecule has 3 aliphatic rings. The van der Waals surface area contributed by atoms with Crippen LogP contribution in [0.4, 0.5) is 0 Å². The second-order valence-corrected chi connectivity index (χ2v) is 8.06. The van der Waals surface area contributed by atoms with Crippen molar-refractivity contribution in [2.75, 3.05) is 0 Å². The van der Waals surface area contributed by atoms with Crippen LogP contribution in [0.25, 0.3) is 11.0 Å². The van der Waals surface area contributed by atoms with Gasteiger partial charge in [-0.15, -0.1) is 36.4 Å². The van der Waals surface area contributed by atoms with Gasteiger partial charge in [-0.25, -0.2) is 10.4 Å². The van der Waals surface area contributed by atoms with Gasteiger partial charge in [-0.3, -0.25) is 9.97 Å². The van der Waals surface area contributed by atoms with Crippen molar-refractivity contribution in [2.24, 2.45) is 0 Å². The van der Waals surface area contributed by atoms with Crippen LogP contribution in [0.5, 0.6) is 0 Å². The molecule has 6 nitrogen and oxygen atoms in total. The minimum atomic E-state index is 0. The summed E-state index contributed by atoms with van der Waals surface area (Å²) in [6.45, 7) is 11.6. The van der Waals surface area contributed by atoms with Crippen molar-refractivity contribution in [3.05, 3.63) is 187 Å². The van der Waals surface area contributed by atoms with E-state index >= 15 is 0 Å². The Morgan fingerprint density at radius 3 is 1.80 bits per heavy atom. The fraction of sp³-hybridized carbons (Fsp3) is 0. The molecule has 0 bridgehead atoms. The quantitative estimate of drug-likeness (QED) is 0.299. The summed E-state index contributed by atoms with van der Waals surface area (Å²) < 4.78 is 5.33. The maximum atomic E-state index is 4.19. The normalized spacial score (nSPS) is 15.8. The first-order valence-electron chi connectivity index (χ1n) is 12.1. The number of allylic oxidation sites excluding steroid dienone is 6. The predicted octanol–water partition coefficient (Wildman–Crippen LogP) is 4.10. The number of nitrogens with zero attached hydrogens (tertiary/aromatic N) is 6. The molecular weight excluding hydrogens is 673 g/mol. The number of hydrogen-bond acceptors (Lipinski definition) is 2. The Kier molecular flexibility index (Phi) is 11.5. The predicted molar refractivity (Wildman–Crippen MR) is 153 cm³/mol. The van der Waals surface area contributed by atoms with Crippen LogP contribution < -0.4 is 9.59 Å². The summed E-state index contributed by atoms with van der Waals surface area (Å²) >= 11 is 0. The molecule has 0 aliphatic carbocycles. The summed E-state index contributed by atoms with van der Waals surface area (Å²) in [6.07, 6.45) is 29.4. The van der Waals surface area contributed by atoms with Gasteiger partial charge in [0.2, 0.25) is 0 Å². The minimum absolute atomic E-state index is 0. The Hall–Kier alpha value is -4.84.